The van der Waals surface area contributed by atoms with Gasteiger partial charge < -0.3 is 19.9 Å². The highest BCUT2D eigenvalue weighted by molar-refractivity contribution is 5.73. The van der Waals surface area contributed by atoms with Gasteiger partial charge in [-0.3, -0.25) is 5.10 Å². The molecule has 0 radical (unpaired) electrons. The molecule has 0 saturated heterocycles. The molecule has 32 heavy (non-hydrogen) atoms. The molecule has 0 saturated carbocycles. The Hall–Kier alpha value is -3.92. The molecule has 4 rings (SSSR count). The van der Waals surface area contributed by atoms with Crippen LogP contribution in [0.25, 0.3) is 11.3 Å². The lowest BCUT2D eigenvalue weighted by atomic mass is 9.82. The summed E-state index contributed by atoms with van der Waals surface area (Å²) < 4.78 is 16.9. The first kappa shape index (κ1) is 21.3. The Morgan fingerprint density at radius 2 is 1.94 bits per heavy atom. The third kappa shape index (κ3) is 3.65. The van der Waals surface area contributed by atoms with Crippen molar-refractivity contribution in [2.24, 2.45) is 5.73 Å². The summed E-state index contributed by atoms with van der Waals surface area (Å²) in [6.07, 6.45) is 0. The normalized spacial score (nSPS) is 15.2. The number of hydrogen-bond donors (Lipinski definition) is 2. The van der Waals surface area contributed by atoms with Crippen molar-refractivity contribution in [1.29, 1.82) is 5.26 Å². The van der Waals surface area contributed by atoms with E-state index in [1.807, 2.05) is 37.3 Å². The van der Waals surface area contributed by atoms with Crippen LogP contribution >= 0.6 is 0 Å². The first-order chi connectivity index (χ1) is 15.5. The molecule has 164 valence electrons. The number of ether oxygens (including phenoxy) is 3. The summed E-state index contributed by atoms with van der Waals surface area (Å²) in [5, 5.41) is 17.3. The summed E-state index contributed by atoms with van der Waals surface area (Å²) in [7, 11) is 1.60. The highest BCUT2D eigenvalue weighted by Gasteiger charge is 2.35. The largest absolute Gasteiger partial charge is 0.493 e. The van der Waals surface area contributed by atoms with Crippen LogP contribution in [-0.4, -0.2) is 23.9 Å². The van der Waals surface area contributed by atoms with E-state index in [0.717, 1.165) is 22.4 Å². The molecule has 1 aliphatic rings. The molecule has 7 heteroatoms. The standard InChI is InChI=1S/C25H26N4O3/c1-5-31-19-11-10-17(12-20(19)30-4)23-22-21(16-8-6-15(7-9-16)14(2)3)18(13-26)24(27)32-25(22)29-28-23/h6-12,14,21H,5,27H2,1-4H3,(H,28,29). The third-order valence-corrected chi connectivity index (χ3v) is 5.63. The van der Waals surface area contributed by atoms with Crippen LogP contribution in [0.2, 0.25) is 0 Å². The van der Waals surface area contributed by atoms with Crippen LogP contribution in [0, 0.1) is 11.3 Å². The first-order valence-corrected chi connectivity index (χ1v) is 10.5. The molecule has 0 spiro atoms. The number of benzene rings is 2. The van der Waals surface area contributed by atoms with Gasteiger partial charge in [0.1, 0.15) is 11.6 Å². The predicted octanol–water partition coefficient (Wildman–Crippen LogP) is 4.83. The zero-order valence-electron chi connectivity index (χ0n) is 18.6. The fourth-order valence-corrected chi connectivity index (χ4v) is 3.97. The Balaban J connectivity index is 1.86. The zero-order chi connectivity index (χ0) is 22.8. The van der Waals surface area contributed by atoms with E-state index in [-0.39, 0.29) is 5.88 Å². The van der Waals surface area contributed by atoms with Gasteiger partial charge in [-0.2, -0.15) is 5.26 Å². The van der Waals surface area contributed by atoms with Gasteiger partial charge in [0.05, 0.1) is 30.9 Å². The maximum absolute atomic E-state index is 9.90. The smallest absolute Gasteiger partial charge is 0.244 e. The van der Waals surface area contributed by atoms with E-state index in [0.29, 0.717) is 35.5 Å². The second-order valence-corrected chi connectivity index (χ2v) is 7.86. The summed E-state index contributed by atoms with van der Waals surface area (Å²) in [6.45, 7) is 6.75. The number of aromatic amines is 1. The molecule has 3 N–H and O–H groups in total. The van der Waals surface area contributed by atoms with Gasteiger partial charge in [0, 0.05) is 5.56 Å². The quantitative estimate of drug-likeness (QED) is 0.580. The van der Waals surface area contributed by atoms with Crippen molar-refractivity contribution in [1.82, 2.24) is 10.2 Å². The van der Waals surface area contributed by atoms with E-state index in [9.17, 15) is 5.26 Å². The molecule has 1 aromatic heterocycles. The fourth-order valence-electron chi connectivity index (χ4n) is 3.97. The second-order valence-electron chi connectivity index (χ2n) is 7.86. The number of fused-ring (bicyclic) bond motifs is 1. The third-order valence-electron chi connectivity index (χ3n) is 5.63. The molecule has 0 bridgehead atoms. The summed E-state index contributed by atoms with van der Waals surface area (Å²) >= 11 is 0. The number of methoxy groups -OCH3 is 1. The molecule has 2 heterocycles. The Labute approximate surface area is 187 Å². The van der Waals surface area contributed by atoms with Gasteiger partial charge in [-0.05, 0) is 42.2 Å². The van der Waals surface area contributed by atoms with Crippen molar-refractivity contribution < 1.29 is 14.2 Å². The lowest BCUT2D eigenvalue weighted by Crippen LogP contribution is -2.21. The van der Waals surface area contributed by atoms with Gasteiger partial charge in [0.25, 0.3) is 0 Å². The molecule has 3 aromatic rings. The number of H-pyrrole nitrogens is 1. The summed E-state index contributed by atoms with van der Waals surface area (Å²) in [4.78, 5) is 0. The first-order valence-electron chi connectivity index (χ1n) is 10.5. The van der Waals surface area contributed by atoms with E-state index in [4.69, 9.17) is 19.9 Å². The van der Waals surface area contributed by atoms with Crippen LogP contribution in [0.1, 0.15) is 49.3 Å². The second kappa shape index (κ2) is 8.67. The van der Waals surface area contributed by atoms with Gasteiger partial charge in [0.2, 0.25) is 11.8 Å². The van der Waals surface area contributed by atoms with Gasteiger partial charge in [0.15, 0.2) is 11.5 Å². The summed E-state index contributed by atoms with van der Waals surface area (Å²) in [5.41, 5.74) is 11.0. The number of nitrogens with one attached hydrogen (secondary N) is 1. The number of nitrogens with zero attached hydrogens (tertiary/aromatic N) is 2. The van der Waals surface area contributed by atoms with Crippen LogP contribution < -0.4 is 19.9 Å². The average Bonchev–Trinajstić information content (AvgIpc) is 3.22. The Bertz CT molecular complexity index is 1200. The van der Waals surface area contributed by atoms with Gasteiger partial charge in [-0.15, -0.1) is 5.10 Å². The monoisotopic (exact) mass is 430 g/mol. The molecule has 1 aliphatic heterocycles. The van der Waals surface area contributed by atoms with E-state index in [1.165, 1.54) is 5.56 Å². The Morgan fingerprint density at radius 3 is 2.56 bits per heavy atom. The van der Waals surface area contributed by atoms with Crippen molar-refractivity contribution in [2.75, 3.05) is 13.7 Å². The number of hydrogen-bond acceptors (Lipinski definition) is 6. The molecular weight excluding hydrogens is 404 g/mol. The van der Waals surface area contributed by atoms with E-state index in [1.54, 1.807) is 7.11 Å². The lowest BCUT2D eigenvalue weighted by molar-refractivity contribution is 0.311. The number of nitrogens with two attached hydrogens (primary N) is 1. The average molecular weight is 431 g/mol. The van der Waals surface area contributed by atoms with Crippen LogP contribution in [0.4, 0.5) is 0 Å². The van der Waals surface area contributed by atoms with Crippen molar-refractivity contribution in [3.05, 3.63) is 70.6 Å². The van der Waals surface area contributed by atoms with Crippen LogP contribution in [0.15, 0.2) is 53.9 Å². The molecular formula is C25H26N4O3. The van der Waals surface area contributed by atoms with Crippen molar-refractivity contribution in [3.63, 3.8) is 0 Å². The van der Waals surface area contributed by atoms with Crippen molar-refractivity contribution in [3.8, 4) is 34.7 Å². The SMILES string of the molecule is CCOc1ccc(-c2[nH]nc3c2C(c2ccc(C(C)C)cc2)C(C#N)=C(N)O3)cc1OC. The van der Waals surface area contributed by atoms with E-state index in [2.05, 4.69) is 42.2 Å². The molecule has 1 unspecified atom stereocenters. The maximum atomic E-state index is 9.90. The highest BCUT2D eigenvalue weighted by Crippen LogP contribution is 2.46. The number of rotatable bonds is 6. The number of nitriles is 1. The Morgan fingerprint density at radius 1 is 1.19 bits per heavy atom. The predicted molar refractivity (Wildman–Crippen MR) is 122 cm³/mol. The summed E-state index contributed by atoms with van der Waals surface area (Å²) in [6, 6.07) is 16.1. The van der Waals surface area contributed by atoms with Gasteiger partial charge >= 0.3 is 0 Å². The minimum atomic E-state index is -0.406. The zero-order valence-corrected chi connectivity index (χ0v) is 18.6. The minimum Gasteiger partial charge on any atom is -0.493 e. The van der Waals surface area contributed by atoms with Gasteiger partial charge in [-0.25, -0.2) is 0 Å². The molecule has 2 aromatic carbocycles. The fraction of sp³-hybridized carbons (Fsp3) is 0.280. The minimum absolute atomic E-state index is 0.0697. The number of aromatic nitrogens is 2. The van der Waals surface area contributed by atoms with Crippen molar-refractivity contribution >= 4 is 0 Å². The summed E-state index contributed by atoms with van der Waals surface area (Å²) in [5.74, 6) is 1.70. The number of allylic oxidation sites excluding steroid dienone is 1. The molecule has 7 nitrogen and oxygen atoms in total. The van der Waals surface area contributed by atoms with E-state index >= 15 is 0 Å². The van der Waals surface area contributed by atoms with Gasteiger partial charge in [-0.1, -0.05) is 38.1 Å². The van der Waals surface area contributed by atoms with Crippen LogP contribution in [0.5, 0.6) is 17.4 Å². The molecule has 0 amide bonds. The highest BCUT2D eigenvalue weighted by atomic mass is 16.5. The lowest BCUT2D eigenvalue weighted by Gasteiger charge is -2.24. The van der Waals surface area contributed by atoms with E-state index < -0.39 is 5.92 Å². The topological polar surface area (TPSA) is 106 Å². The Kier molecular flexibility index (Phi) is 5.78. The van der Waals surface area contributed by atoms with Crippen LogP contribution in [-0.2, 0) is 0 Å². The molecule has 0 aliphatic carbocycles. The molecule has 0 fully saturated rings. The molecule has 1 atom stereocenters. The van der Waals surface area contributed by atoms with Crippen LogP contribution in [0.3, 0.4) is 0 Å². The maximum Gasteiger partial charge on any atom is 0.244 e. The van der Waals surface area contributed by atoms with Crippen molar-refractivity contribution in [2.45, 2.75) is 32.6 Å².